The number of ether oxygens (including phenoxy) is 1. The van der Waals surface area contributed by atoms with E-state index in [1.807, 2.05) is 0 Å². The maximum Gasteiger partial charge on any atom is 0.123 e. The third kappa shape index (κ3) is 5.90. The number of pyridine rings is 1. The molecule has 0 saturated carbocycles. The first-order valence-corrected chi connectivity index (χ1v) is 12.2. The summed E-state index contributed by atoms with van der Waals surface area (Å²) in [6, 6.07) is 4.37. The van der Waals surface area contributed by atoms with Crippen LogP contribution in [0.3, 0.4) is 0 Å². The molecule has 0 unspecified atom stereocenters. The van der Waals surface area contributed by atoms with E-state index in [4.69, 9.17) is 9.72 Å². The average molecular weight is 398 g/mol. The molecule has 0 N–H and O–H groups in total. The van der Waals surface area contributed by atoms with E-state index in [1.165, 1.54) is 10.9 Å². The highest BCUT2D eigenvalue weighted by Crippen LogP contribution is 2.60. The van der Waals surface area contributed by atoms with Gasteiger partial charge in [-0.05, 0) is 36.5 Å². The molecular formula is C22H41NOP2. The molecule has 1 rings (SSSR count). The van der Waals surface area contributed by atoms with Crippen molar-refractivity contribution in [3.63, 3.8) is 0 Å². The Hall–Kier alpha value is -0.190. The molecule has 1 aromatic rings. The summed E-state index contributed by atoms with van der Waals surface area (Å²) in [4.78, 5) is 5.33. The molecule has 0 saturated heterocycles. The summed E-state index contributed by atoms with van der Waals surface area (Å²) < 4.78 is 5.73. The smallest absolute Gasteiger partial charge is 0.123 e. The van der Waals surface area contributed by atoms with E-state index in [-0.39, 0.29) is 20.6 Å². The van der Waals surface area contributed by atoms with Gasteiger partial charge in [-0.15, -0.1) is 0 Å². The predicted molar refractivity (Wildman–Crippen MR) is 123 cm³/mol. The van der Waals surface area contributed by atoms with Crippen LogP contribution in [-0.4, -0.2) is 32.7 Å². The summed E-state index contributed by atoms with van der Waals surface area (Å²) in [5.74, 6) is 0.951. The molecule has 0 bridgehead atoms. The Labute approximate surface area is 165 Å². The third-order valence-corrected chi connectivity index (χ3v) is 10.9. The molecule has 0 radical (unpaired) electrons. The highest BCUT2D eigenvalue weighted by Gasteiger charge is 2.40. The Morgan fingerprint density at radius 3 is 1.08 bits per heavy atom. The van der Waals surface area contributed by atoms with Crippen molar-refractivity contribution in [3.8, 4) is 5.75 Å². The van der Waals surface area contributed by atoms with Crippen LogP contribution in [-0.2, 0) is 0 Å². The summed E-state index contributed by atoms with van der Waals surface area (Å²) in [6.07, 6.45) is 0. The summed E-state index contributed by atoms with van der Waals surface area (Å²) in [7, 11) is 0.867. The first-order valence-electron chi connectivity index (χ1n) is 9.56. The maximum atomic E-state index is 5.73. The van der Waals surface area contributed by atoms with Gasteiger partial charge in [-0.3, -0.25) is 0 Å². The molecule has 1 heterocycles. The number of aromatic nitrogens is 1. The van der Waals surface area contributed by atoms with Crippen LogP contribution < -0.4 is 15.6 Å². The van der Waals surface area contributed by atoms with Gasteiger partial charge in [0.05, 0.1) is 18.0 Å². The standard InChI is InChI=1S/C22H41NOP2/c1-19(2,3)25(20(4,5)6)17-14-16(24-13)15-18(23-17)26(21(7,8)9)22(10,11)12/h14-15H,1-13H3. The quantitative estimate of drug-likeness (QED) is 0.543. The summed E-state index contributed by atoms with van der Waals surface area (Å²) in [5, 5.41) is 0.764. The number of methoxy groups -OCH3 is 1. The zero-order chi connectivity index (χ0) is 20.7. The van der Waals surface area contributed by atoms with Crippen LogP contribution in [0, 0.1) is 0 Å². The monoisotopic (exact) mass is 397 g/mol. The largest absolute Gasteiger partial charge is 0.497 e. The minimum absolute atomic E-state index is 0.191. The van der Waals surface area contributed by atoms with Gasteiger partial charge in [-0.2, -0.15) is 0 Å². The number of hydrogen-bond acceptors (Lipinski definition) is 2. The molecule has 0 aliphatic rings. The lowest BCUT2D eigenvalue weighted by molar-refractivity contribution is 0.415. The van der Waals surface area contributed by atoms with Crippen LogP contribution >= 0.6 is 15.8 Å². The van der Waals surface area contributed by atoms with Crippen molar-refractivity contribution < 1.29 is 4.74 Å². The Kier molecular flexibility index (Phi) is 7.04. The zero-order valence-corrected chi connectivity index (χ0v) is 21.2. The summed E-state index contributed by atoms with van der Waals surface area (Å²) >= 11 is 0. The van der Waals surface area contributed by atoms with Gasteiger partial charge in [-0.25, -0.2) is 4.98 Å². The third-order valence-electron chi connectivity index (χ3n) is 4.15. The van der Waals surface area contributed by atoms with Crippen LogP contribution in [0.1, 0.15) is 83.1 Å². The molecule has 150 valence electrons. The number of hydrogen-bond donors (Lipinski definition) is 0. The average Bonchev–Trinajstić information content (AvgIpc) is 2.30. The fourth-order valence-corrected chi connectivity index (χ4v) is 12.0. The predicted octanol–water partition coefficient (Wildman–Crippen LogP) is 6.50. The molecule has 26 heavy (non-hydrogen) atoms. The second-order valence-electron chi connectivity index (χ2n) is 11.1. The normalized spacial score (nSPS) is 14.3. The fraction of sp³-hybridized carbons (Fsp3) is 0.773. The van der Waals surface area contributed by atoms with Crippen LogP contribution in [0.25, 0.3) is 0 Å². The van der Waals surface area contributed by atoms with Crippen LogP contribution in [0.2, 0.25) is 0 Å². The van der Waals surface area contributed by atoms with Crippen molar-refractivity contribution in [1.29, 1.82) is 0 Å². The van der Waals surface area contributed by atoms with Gasteiger partial charge < -0.3 is 4.74 Å². The molecule has 0 aliphatic heterocycles. The molecule has 4 heteroatoms. The van der Waals surface area contributed by atoms with E-state index in [9.17, 15) is 0 Å². The Morgan fingerprint density at radius 1 is 0.615 bits per heavy atom. The lowest BCUT2D eigenvalue weighted by Gasteiger charge is -2.43. The highest BCUT2D eigenvalue weighted by molar-refractivity contribution is 7.69. The summed E-state index contributed by atoms with van der Waals surface area (Å²) in [5.41, 5.74) is 2.46. The van der Waals surface area contributed by atoms with E-state index in [2.05, 4.69) is 95.2 Å². The SMILES string of the molecule is COc1cc(P(C(C)(C)C)C(C)(C)C)nc(P(C(C)(C)C)C(C)(C)C)c1. The number of rotatable bonds is 3. The second kappa shape index (κ2) is 7.67. The van der Waals surface area contributed by atoms with Gasteiger partial charge in [0.1, 0.15) is 5.75 Å². The molecular weight excluding hydrogens is 356 g/mol. The first-order chi connectivity index (χ1) is 11.4. The van der Waals surface area contributed by atoms with Gasteiger partial charge in [0.15, 0.2) is 0 Å². The van der Waals surface area contributed by atoms with E-state index in [0.29, 0.717) is 0 Å². The van der Waals surface area contributed by atoms with Crippen molar-refractivity contribution >= 4 is 26.7 Å². The Bertz CT molecular complexity index is 535. The highest BCUT2D eigenvalue weighted by atomic mass is 31.1. The Balaban J connectivity index is 3.72. The van der Waals surface area contributed by atoms with Crippen LogP contribution in [0.15, 0.2) is 12.1 Å². The lowest BCUT2D eigenvalue weighted by Crippen LogP contribution is -2.37. The van der Waals surface area contributed by atoms with Gasteiger partial charge >= 0.3 is 0 Å². The van der Waals surface area contributed by atoms with Crippen LogP contribution in [0.5, 0.6) is 5.75 Å². The van der Waals surface area contributed by atoms with Gasteiger partial charge in [0.2, 0.25) is 0 Å². The molecule has 0 amide bonds. The van der Waals surface area contributed by atoms with E-state index in [1.54, 1.807) is 7.11 Å². The molecule has 0 aliphatic carbocycles. The van der Waals surface area contributed by atoms with Crippen molar-refractivity contribution in [2.45, 2.75) is 104 Å². The van der Waals surface area contributed by atoms with E-state index < -0.39 is 15.8 Å². The van der Waals surface area contributed by atoms with Crippen molar-refractivity contribution in [1.82, 2.24) is 4.98 Å². The minimum Gasteiger partial charge on any atom is -0.497 e. The maximum absolute atomic E-state index is 5.73. The molecule has 0 fully saturated rings. The van der Waals surface area contributed by atoms with Gasteiger partial charge in [-0.1, -0.05) is 83.1 Å². The number of nitrogens with zero attached hydrogens (tertiary/aromatic N) is 1. The second-order valence-corrected chi connectivity index (χ2v) is 18.7. The van der Waals surface area contributed by atoms with Crippen molar-refractivity contribution in [2.24, 2.45) is 0 Å². The first kappa shape index (κ1) is 23.8. The molecule has 2 nitrogen and oxygen atoms in total. The van der Waals surface area contributed by atoms with Crippen molar-refractivity contribution in [3.05, 3.63) is 12.1 Å². The van der Waals surface area contributed by atoms with Crippen molar-refractivity contribution in [2.75, 3.05) is 7.11 Å². The van der Waals surface area contributed by atoms with E-state index in [0.717, 1.165) is 5.75 Å². The van der Waals surface area contributed by atoms with E-state index >= 15 is 0 Å². The lowest BCUT2D eigenvalue weighted by atomic mass is 10.2. The molecule has 0 aromatic carbocycles. The summed E-state index contributed by atoms with van der Waals surface area (Å²) in [6.45, 7) is 28.2. The zero-order valence-electron chi connectivity index (χ0n) is 19.4. The van der Waals surface area contributed by atoms with Gasteiger partial charge in [0.25, 0.3) is 0 Å². The van der Waals surface area contributed by atoms with Gasteiger partial charge in [0, 0.05) is 12.1 Å². The molecule has 0 spiro atoms. The molecule has 0 atom stereocenters. The topological polar surface area (TPSA) is 22.1 Å². The minimum atomic E-state index is -0.453. The van der Waals surface area contributed by atoms with Crippen LogP contribution in [0.4, 0.5) is 0 Å². The molecule has 1 aromatic heterocycles. The fourth-order valence-electron chi connectivity index (χ4n) is 4.21. The Morgan fingerprint density at radius 2 is 0.885 bits per heavy atom.